The number of hydrogen-bond acceptors (Lipinski definition) is 4. The number of sulfonamides is 1. The molecule has 1 heterocycles. The van der Waals surface area contributed by atoms with Gasteiger partial charge in [0.05, 0.1) is 22.6 Å². The number of rotatable bonds is 6. The molecule has 112 valence electrons. The minimum atomic E-state index is -3.57. The lowest BCUT2D eigenvalue weighted by Crippen LogP contribution is -2.31. The van der Waals surface area contributed by atoms with E-state index in [1.165, 1.54) is 18.2 Å². The molecule has 0 aliphatic carbocycles. The summed E-state index contributed by atoms with van der Waals surface area (Å²) in [7, 11) is -3.57. The van der Waals surface area contributed by atoms with Gasteiger partial charge in [0.2, 0.25) is 10.0 Å². The zero-order valence-electron chi connectivity index (χ0n) is 11.3. The first-order valence-electron chi connectivity index (χ1n) is 6.56. The van der Waals surface area contributed by atoms with Crippen LogP contribution in [-0.4, -0.2) is 34.3 Å². The molecular weight excluding hydrogens is 302 g/mol. The highest BCUT2D eigenvalue weighted by molar-refractivity contribution is 7.89. The standard InChI is InChI=1S/C13H18ClNO4S/c1-2-18-13-8-11(5-6-12(13)14)20(16,17)15-9-10-4-3-7-19-10/h5-6,8,10,15H,2-4,7,9H2,1H3/t10-/m0/s1. The Balaban J connectivity index is 2.09. The molecule has 0 saturated carbocycles. The second kappa shape index (κ2) is 6.76. The molecule has 0 bridgehead atoms. The molecule has 20 heavy (non-hydrogen) atoms. The monoisotopic (exact) mass is 319 g/mol. The van der Waals surface area contributed by atoms with Crippen molar-refractivity contribution in [3.05, 3.63) is 23.2 Å². The van der Waals surface area contributed by atoms with Gasteiger partial charge in [-0.05, 0) is 31.9 Å². The van der Waals surface area contributed by atoms with Crippen LogP contribution in [0.15, 0.2) is 23.1 Å². The Morgan fingerprint density at radius 3 is 2.95 bits per heavy atom. The van der Waals surface area contributed by atoms with Crippen molar-refractivity contribution in [1.82, 2.24) is 4.72 Å². The van der Waals surface area contributed by atoms with Crippen molar-refractivity contribution in [2.75, 3.05) is 19.8 Å². The first-order chi connectivity index (χ1) is 9.53. The number of benzene rings is 1. The molecule has 1 fully saturated rings. The Kier molecular flexibility index (Phi) is 5.26. The Morgan fingerprint density at radius 2 is 2.30 bits per heavy atom. The molecule has 1 N–H and O–H groups in total. The van der Waals surface area contributed by atoms with Crippen LogP contribution in [0.3, 0.4) is 0 Å². The predicted molar refractivity (Wildman–Crippen MR) is 76.8 cm³/mol. The van der Waals surface area contributed by atoms with Crippen molar-refractivity contribution in [2.24, 2.45) is 0 Å². The number of hydrogen-bond donors (Lipinski definition) is 1. The van der Waals surface area contributed by atoms with Crippen LogP contribution in [0.1, 0.15) is 19.8 Å². The van der Waals surface area contributed by atoms with Crippen molar-refractivity contribution < 1.29 is 17.9 Å². The maximum Gasteiger partial charge on any atom is 0.240 e. The molecule has 1 aromatic rings. The molecule has 1 atom stereocenters. The van der Waals surface area contributed by atoms with Crippen molar-refractivity contribution in [3.63, 3.8) is 0 Å². The van der Waals surface area contributed by atoms with Crippen LogP contribution in [0.2, 0.25) is 5.02 Å². The van der Waals surface area contributed by atoms with Gasteiger partial charge in [-0.15, -0.1) is 0 Å². The van der Waals surface area contributed by atoms with E-state index in [2.05, 4.69) is 4.72 Å². The number of halogens is 1. The van der Waals surface area contributed by atoms with Gasteiger partial charge in [0.15, 0.2) is 0 Å². The molecule has 0 amide bonds. The van der Waals surface area contributed by atoms with Gasteiger partial charge in [-0.1, -0.05) is 11.6 Å². The van der Waals surface area contributed by atoms with Gasteiger partial charge < -0.3 is 9.47 Å². The third kappa shape index (κ3) is 3.85. The number of ether oxygens (including phenoxy) is 2. The third-order valence-electron chi connectivity index (χ3n) is 3.04. The molecule has 1 aromatic carbocycles. The molecule has 5 nitrogen and oxygen atoms in total. The number of nitrogens with one attached hydrogen (secondary N) is 1. The summed E-state index contributed by atoms with van der Waals surface area (Å²) in [6.07, 6.45) is 1.82. The minimum Gasteiger partial charge on any atom is -0.492 e. The highest BCUT2D eigenvalue weighted by Crippen LogP contribution is 2.27. The second-order valence-electron chi connectivity index (χ2n) is 4.51. The molecule has 2 rings (SSSR count). The Hall–Kier alpha value is -0.820. The molecule has 0 radical (unpaired) electrons. The van der Waals surface area contributed by atoms with Crippen molar-refractivity contribution >= 4 is 21.6 Å². The Labute approximate surface area is 124 Å². The maximum absolute atomic E-state index is 12.2. The van der Waals surface area contributed by atoms with Crippen LogP contribution in [0.4, 0.5) is 0 Å². The lowest BCUT2D eigenvalue weighted by Gasteiger charge is -2.12. The van der Waals surface area contributed by atoms with Gasteiger partial charge in [0, 0.05) is 19.2 Å². The van der Waals surface area contributed by atoms with Gasteiger partial charge in [-0.2, -0.15) is 0 Å². The van der Waals surface area contributed by atoms with E-state index < -0.39 is 10.0 Å². The highest BCUT2D eigenvalue weighted by Gasteiger charge is 2.21. The van der Waals surface area contributed by atoms with E-state index in [0.29, 0.717) is 24.0 Å². The zero-order chi connectivity index (χ0) is 14.6. The van der Waals surface area contributed by atoms with E-state index in [0.717, 1.165) is 12.8 Å². The zero-order valence-corrected chi connectivity index (χ0v) is 12.8. The van der Waals surface area contributed by atoms with Gasteiger partial charge >= 0.3 is 0 Å². The third-order valence-corrected chi connectivity index (χ3v) is 4.77. The minimum absolute atomic E-state index is 0.0385. The molecule has 0 aromatic heterocycles. The summed E-state index contributed by atoms with van der Waals surface area (Å²) in [4.78, 5) is 0.142. The summed E-state index contributed by atoms with van der Waals surface area (Å²) in [5.74, 6) is 0.370. The van der Waals surface area contributed by atoms with Crippen LogP contribution >= 0.6 is 11.6 Å². The van der Waals surface area contributed by atoms with Crippen LogP contribution in [0.5, 0.6) is 5.75 Å². The normalized spacial score (nSPS) is 19.2. The van der Waals surface area contributed by atoms with Gasteiger partial charge in [-0.3, -0.25) is 0 Å². The predicted octanol–water partition coefficient (Wildman–Crippen LogP) is 2.20. The summed E-state index contributed by atoms with van der Waals surface area (Å²) < 4.78 is 37.6. The Morgan fingerprint density at radius 1 is 1.50 bits per heavy atom. The largest absolute Gasteiger partial charge is 0.492 e. The molecule has 1 aliphatic heterocycles. The lowest BCUT2D eigenvalue weighted by molar-refractivity contribution is 0.114. The van der Waals surface area contributed by atoms with Gasteiger partial charge in [0.1, 0.15) is 5.75 Å². The van der Waals surface area contributed by atoms with Crippen LogP contribution in [0, 0.1) is 0 Å². The lowest BCUT2D eigenvalue weighted by atomic mass is 10.2. The maximum atomic E-state index is 12.2. The van der Waals surface area contributed by atoms with Crippen LogP contribution in [0.25, 0.3) is 0 Å². The van der Waals surface area contributed by atoms with Crippen molar-refractivity contribution in [2.45, 2.75) is 30.8 Å². The first kappa shape index (κ1) is 15.6. The smallest absolute Gasteiger partial charge is 0.240 e. The van der Waals surface area contributed by atoms with E-state index in [4.69, 9.17) is 21.1 Å². The molecule has 7 heteroatoms. The second-order valence-corrected chi connectivity index (χ2v) is 6.69. The SMILES string of the molecule is CCOc1cc(S(=O)(=O)NC[C@@H]2CCCO2)ccc1Cl. The molecule has 0 unspecified atom stereocenters. The fraction of sp³-hybridized carbons (Fsp3) is 0.538. The van der Waals surface area contributed by atoms with Crippen LogP contribution in [-0.2, 0) is 14.8 Å². The summed E-state index contributed by atoms with van der Waals surface area (Å²) in [5.41, 5.74) is 0. The first-order valence-corrected chi connectivity index (χ1v) is 8.42. The van der Waals surface area contributed by atoms with Crippen molar-refractivity contribution in [3.8, 4) is 5.75 Å². The van der Waals surface area contributed by atoms with E-state index in [-0.39, 0.29) is 17.5 Å². The summed E-state index contributed by atoms with van der Waals surface area (Å²) in [5, 5.41) is 0.393. The topological polar surface area (TPSA) is 64.6 Å². The van der Waals surface area contributed by atoms with E-state index >= 15 is 0 Å². The highest BCUT2D eigenvalue weighted by atomic mass is 35.5. The van der Waals surface area contributed by atoms with Crippen molar-refractivity contribution in [1.29, 1.82) is 0 Å². The van der Waals surface area contributed by atoms with E-state index in [1.807, 2.05) is 6.92 Å². The van der Waals surface area contributed by atoms with E-state index in [9.17, 15) is 8.42 Å². The fourth-order valence-corrected chi connectivity index (χ4v) is 3.26. The van der Waals surface area contributed by atoms with Crippen LogP contribution < -0.4 is 9.46 Å². The average molecular weight is 320 g/mol. The fourth-order valence-electron chi connectivity index (χ4n) is 2.01. The van der Waals surface area contributed by atoms with Gasteiger partial charge in [0.25, 0.3) is 0 Å². The summed E-state index contributed by atoms with van der Waals surface area (Å²) in [6.45, 7) is 3.22. The summed E-state index contributed by atoms with van der Waals surface area (Å²) >= 11 is 5.95. The molecule has 0 spiro atoms. The van der Waals surface area contributed by atoms with E-state index in [1.54, 1.807) is 0 Å². The molecular formula is C13H18ClNO4S. The van der Waals surface area contributed by atoms with Gasteiger partial charge in [-0.25, -0.2) is 13.1 Å². The summed E-state index contributed by atoms with van der Waals surface area (Å²) in [6, 6.07) is 4.42. The average Bonchev–Trinajstić information content (AvgIpc) is 2.92. The Bertz CT molecular complexity index is 555. The quantitative estimate of drug-likeness (QED) is 0.873. The molecule has 1 aliphatic rings. The molecule has 1 saturated heterocycles.